The molecule has 6 heteroatoms. The Bertz CT molecular complexity index is 992. The molecule has 0 amide bonds. The van der Waals surface area contributed by atoms with Crippen molar-refractivity contribution in [1.82, 2.24) is 4.98 Å². The van der Waals surface area contributed by atoms with Crippen molar-refractivity contribution in [2.75, 3.05) is 6.54 Å². The van der Waals surface area contributed by atoms with Gasteiger partial charge in [-0.3, -0.25) is 0 Å². The molecule has 3 rings (SSSR count). The number of aryl methyl sites for hydroxylation is 1. The SMILES string of the molecule is CCC(C)c1cccc2c(CCCCN)c(-c3ccc(Cl)c(C(F)(F)F)c3)[nH]c12. The molecule has 2 nitrogen and oxygen atoms in total. The van der Waals surface area contributed by atoms with E-state index in [9.17, 15) is 13.2 Å². The monoisotopic (exact) mass is 422 g/mol. The van der Waals surface area contributed by atoms with Gasteiger partial charge < -0.3 is 10.7 Å². The molecule has 156 valence electrons. The van der Waals surface area contributed by atoms with Gasteiger partial charge >= 0.3 is 6.18 Å². The molecule has 0 aliphatic heterocycles. The second-order valence-corrected chi connectivity index (χ2v) is 7.90. The number of aromatic nitrogens is 1. The lowest BCUT2D eigenvalue weighted by atomic mass is 9.94. The van der Waals surface area contributed by atoms with Crippen LogP contribution < -0.4 is 5.73 Å². The van der Waals surface area contributed by atoms with Crippen molar-refractivity contribution in [3.63, 3.8) is 0 Å². The van der Waals surface area contributed by atoms with Crippen LogP contribution in [0.25, 0.3) is 22.2 Å². The molecular weight excluding hydrogens is 397 g/mol. The maximum atomic E-state index is 13.4. The molecule has 1 aromatic heterocycles. The fraction of sp³-hybridized carbons (Fsp3) is 0.391. The van der Waals surface area contributed by atoms with Crippen LogP contribution in [-0.2, 0) is 12.6 Å². The minimum absolute atomic E-state index is 0.290. The van der Waals surface area contributed by atoms with Crippen molar-refractivity contribution >= 4 is 22.5 Å². The number of benzene rings is 2. The van der Waals surface area contributed by atoms with E-state index in [-0.39, 0.29) is 5.02 Å². The first-order chi connectivity index (χ1) is 13.8. The van der Waals surface area contributed by atoms with E-state index < -0.39 is 11.7 Å². The van der Waals surface area contributed by atoms with Crippen LogP contribution in [0.2, 0.25) is 5.02 Å². The molecule has 0 aliphatic carbocycles. The average Bonchev–Trinajstić information content (AvgIpc) is 3.06. The molecular formula is C23H26ClF3N2. The van der Waals surface area contributed by atoms with E-state index >= 15 is 0 Å². The van der Waals surface area contributed by atoms with Gasteiger partial charge in [-0.05, 0) is 67.0 Å². The summed E-state index contributed by atoms with van der Waals surface area (Å²) in [6, 6.07) is 10.3. The third-order valence-corrected chi connectivity index (χ3v) is 5.89. The van der Waals surface area contributed by atoms with E-state index in [0.29, 0.717) is 18.0 Å². The quantitative estimate of drug-likeness (QED) is 0.385. The summed E-state index contributed by atoms with van der Waals surface area (Å²) in [5.74, 6) is 0.345. The van der Waals surface area contributed by atoms with Crippen LogP contribution in [0.5, 0.6) is 0 Å². The second kappa shape index (κ2) is 8.80. The smallest absolute Gasteiger partial charge is 0.354 e. The molecule has 0 spiro atoms. The van der Waals surface area contributed by atoms with Gasteiger partial charge in [-0.25, -0.2) is 0 Å². The van der Waals surface area contributed by atoms with Crippen molar-refractivity contribution in [3.8, 4) is 11.3 Å². The molecule has 0 aliphatic rings. The van der Waals surface area contributed by atoms with E-state index in [1.165, 1.54) is 11.6 Å². The summed E-state index contributed by atoms with van der Waals surface area (Å²) in [5, 5.41) is 0.778. The van der Waals surface area contributed by atoms with E-state index in [1.54, 1.807) is 6.07 Å². The van der Waals surface area contributed by atoms with Gasteiger partial charge in [0, 0.05) is 16.6 Å². The fourth-order valence-electron chi connectivity index (χ4n) is 3.78. The largest absolute Gasteiger partial charge is 0.417 e. The number of nitrogens with one attached hydrogen (secondary N) is 1. The van der Waals surface area contributed by atoms with Crippen LogP contribution in [0.4, 0.5) is 13.2 Å². The average molecular weight is 423 g/mol. The zero-order valence-electron chi connectivity index (χ0n) is 16.7. The van der Waals surface area contributed by atoms with Crippen molar-refractivity contribution < 1.29 is 13.2 Å². The maximum absolute atomic E-state index is 13.4. The Morgan fingerprint density at radius 1 is 1.14 bits per heavy atom. The lowest BCUT2D eigenvalue weighted by molar-refractivity contribution is -0.137. The summed E-state index contributed by atoms with van der Waals surface area (Å²) in [5.41, 5.74) is 9.28. The highest BCUT2D eigenvalue weighted by molar-refractivity contribution is 6.31. The number of H-pyrrole nitrogens is 1. The summed E-state index contributed by atoms with van der Waals surface area (Å²) in [6.45, 7) is 4.88. The van der Waals surface area contributed by atoms with Gasteiger partial charge in [0.05, 0.1) is 10.6 Å². The van der Waals surface area contributed by atoms with Gasteiger partial charge in [0.1, 0.15) is 0 Å². The number of rotatable bonds is 7. The molecule has 0 fully saturated rings. The minimum Gasteiger partial charge on any atom is -0.354 e. The highest BCUT2D eigenvalue weighted by atomic mass is 35.5. The van der Waals surface area contributed by atoms with Crippen molar-refractivity contribution in [3.05, 3.63) is 58.1 Å². The van der Waals surface area contributed by atoms with Gasteiger partial charge in [-0.2, -0.15) is 13.2 Å². The van der Waals surface area contributed by atoms with E-state index in [1.807, 2.05) is 12.1 Å². The van der Waals surface area contributed by atoms with Crippen molar-refractivity contribution in [1.29, 1.82) is 0 Å². The number of fused-ring (bicyclic) bond motifs is 1. The number of halogens is 4. The topological polar surface area (TPSA) is 41.8 Å². The number of hydrogen-bond donors (Lipinski definition) is 2. The lowest BCUT2D eigenvalue weighted by Gasteiger charge is -2.12. The number of aromatic amines is 1. The number of unbranched alkanes of at least 4 members (excludes halogenated alkanes) is 1. The summed E-state index contributed by atoms with van der Waals surface area (Å²) >= 11 is 5.83. The Morgan fingerprint density at radius 2 is 1.90 bits per heavy atom. The van der Waals surface area contributed by atoms with Gasteiger partial charge in [-0.15, -0.1) is 0 Å². The first-order valence-corrected chi connectivity index (χ1v) is 10.4. The van der Waals surface area contributed by atoms with Gasteiger partial charge in [-0.1, -0.05) is 49.7 Å². The predicted molar refractivity (Wildman–Crippen MR) is 114 cm³/mol. The summed E-state index contributed by atoms with van der Waals surface area (Å²) < 4.78 is 40.2. The standard InChI is InChI=1S/C23H26ClF3N2/c1-3-14(2)16-8-6-9-18-17(7-4-5-12-28)21(29-22(16)18)15-10-11-20(24)19(13-15)23(25,26)27/h6,8-11,13-14,29H,3-5,7,12,28H2,1-2H3. The Balaban J connectivity index is 2.22. The van der Waals surface area contributed by atoms with Crippen LogP contribution in [0.3, 0.4) is 0 Å². The number of para-hydroxylation sites is 1. The molecule has 0 bridgehead atoms. The summed E-state index contributed by atoms with van der Waals surface area (Å²) in [6.07, 6.45) is -1.02. The summed E-state index contributed by atoms with van der Waals surface area (Å²) in [4.78, 5) is 3.45. The zero-order valence-corrected chi connectivity index (χ0v) is 17.4. The molecule has 3 N–H and O–H groups in total. The van der Waals surface area contributed by atoms with E-state index in [2.05, 4.69) is 24.9 Å². The Labute approximate surface area is 174 Å². The highest BCUT2D eigenvalue weighted by Gasteiger charge is 2.33. The van der Waals surface area contributed by atoms with Crippen molar-refractivity contribution in [2.24, 2.45) is 5.73 Å². The van der Waals surface area contributed by atoms with Crippen LogP contribution in [0, 0.1) is 0 Å². The Hall–Kier alpha value is -1.98. The van der Waals surface area contributed by atoms with Crippen LogP contribution >= 0.6 is 11.6 Å². The third kappa shape index (κ3) is 4.46. The maximum Gasteiger partial charge on any atom is 0.417 e. The predicted octanol–water partition coefficient (Wildman–Crippen LogP) is 7.30. The molecule has 0 radical (unpaired) electrons. The Kier molecular flexibility index (Phi) is 6.59. The summed E-state index contributed by atoms with van der Waals surface area (Å²) in [7, 11) is 0. The van der Waals surface area contributed by atoms with Crippen molar-refractivity contribution in [2.45, 2.75) is 51.6 Å². The number of hydrogen-bond acceptors (Lipinski definition) is 1. The van der Waals surface area contributed by atoms with Crippen LogP contribution in [0.15, 0.2) is 36.4 Å². The molecule has 2 aromatic carbocycles. The first-order valence-electron chi connectivity index (χ1n) is 9.98. The zero-order chi connectivity index (χ0) is 21.2. The molecule has 1 heterocycles. The first kappa shape index (κ1) is 21.7. The number of nitrogens with two attached hydrogens (primary N) is 1. The normalized spacial score (nSPS) is 13.2. The fourth-order valence-corrected chi connectivity index (χ4v) is 4.00. The molecule has 1 unspecified atom stereocenters. The van der Waals surface area contributed by atoms with Gasteiger partial charge in [0.25, 0.3) is 0 Å². The van der Waals surface area contributed by atoms with E-state index in [4.69, 9.17) is 17.3 Å². The lowest BCUT2D eigenvalue weighted by Crippen LogP contribution is -2.06. The van der Waals surface area contributed by atoms with Gasteiger partial charge in [0.15, 0.2) is 0 Å². The second-order valence-electron chi connectivity index (χ2n) is 7.50. The van der Waals surface area contributed by atoms with Crippen LogP contribution in [0.1, 0.15) is 55.7 Å². The molecule has 0 saturated heterocycles. The molecule has 3 aromatic rings. The highest BCUT2D eigenvalue weighted by Crippen LogP contribution is 2.40. The number of alkyl halides is 3. The third-order valence-electron chi connectivity index (χ3n) is 5.56. The van der Waals surface area contributed by atoms with Gasteiger partial charge in [0.2, 0.25) is 0 Å². The molecule has 1 atom stereocenters. The molecule has 29 heavy (non-hydrogen) atoms. The van der Waals surface area contributed by atoms with E-state index in [0.717, 1.165) is 53.9 Å². The molecule has 0 saturated carbocycles. The minimum atomic E-state index is -4.50. The van der Waals surface area contributed by atoms with Crippen LogP contribution in [-0.4, -0.2) is 11.5 Å². The Morgan fingerprint density at radius 3 is 2.55 bits per heavy atom.